The molecule has 1 fully saturated rings. The maximum atomic E-state index is 13.0. The lowest BCUT2D eigenvalue weighted by Crippen LogP contribution is -2.49. The van der Waals surface area contributed by atoms with Gasteiger partial charge in [-0.05, 0) is 57.9 Å². The van der Waals surface area contributed by atoms with Crippen molar-refractivity contribution in [2.75, 3.05) is 18.0 Å². The minimum absolute atomic E-state index is 0.0543. The third kappa shape index (κ3) is 4.92. The number of hydrogen-bond acceptors (Lipinski definition) is 3. The van der Waals surface area contributed by atoms with Gasteiger partial charge < -0.3 is 15.0 Å². The first kappa shape index (κ1) is 15.6. The third-order valence-corrected chi connectivity index (χ3v) is 3.33. The summed E-state index contributed by atoms with van der Waals surface area (Å²) in [6.07, 6.45) is 1.53. The van der Waals surface area contributed by atoms with Crippen LogP contribution >= 0.6 is 0 Å². The molecule has 0 aromatic heterocycles. The van der Waals surface area contributed by atoms with E-state index in [9.17, 15) is 9.18 Å². The van der Waals surface area contributed by atoms with Crippen molar-refractivity contribution in [3.63, 3.8) is 0 Å². The SMILES string of the molecule is CC(C)(C)OC(=O)N[C@@H]1CCCN(c2ccc(F)cc2)C1. The molecule has 1 amide bonds. The predicted molar refractivity (Wildman–Crippen MR) is 81.0 cm³/mol. The normalized spacial score (nSPS) is 19.2. The van der Waals surface area contributed by atoms with Gasteiger partial charge in [0.1, 0.15) is 11.4 Å². The van der Waals surface area contributed by atoms with Crippen molar-refractivity contribution in [1.29, 1.82) is 0 Å². The van der Waals surface area contributed by atoms with Crippen molar-refractivity contribution in [1.82, 2.24) is 5.32 Å². The zero-order chi connectivity index (χ0) is 15.5. The van der Waals surface area contributed by atoms with Crippen LogP contribution in [0.1, 0.15) is 33.6 Å². The number of halogens is 1. The maximum Gasteiger partial charge on any atom is 0.407 e. The Labute approximate surface area is 125 Å². The molecule has 0 spiro atoms. The maximum absolute atomic E-state index is 13.0. The topological polar surface area (TPSA) is 41.6 Å². The number of carbonyl (C=O) groups is 1. The summed E-state index contributed by atoms with van der Waals surface area (Å²) < 4.78 is 18.2. The Kier molecular flexibility index (Phi) is 4.70. The minimum atomic E-state index is -0.491. The van der Waals surface area contributed by atoms with Crippen LogP contribution in [0.3, 0.4) is 0 Å². The molecule has 0 aliphatic carbocycles. The van der Waals surface area contributed by atoms with Gasteiger partial charge in [-0.3, -0.25) is 0 Å². The van der Waals surface area contributed by atoms with E-state index in [-0.39, 0.29) is 18.0 Å². The van der Waals surface area contributed by atoms with E-state index in [4.69, 9.17) is 4.74 Å². The van der Waals surface area contributed by atoms with Crippen LogP contribution in [0.2, 0.25) is 0 Å². The fourth-order valence-electron chi connectivity index (χ4n) is 2.46. The smallest absolute Gasteiger partial charge is 0.407 e. The first-order valence-electron chi connectivity index (χ1n) is 7.33. The van der Waals surface area contributed by atoms with Crippen LogP contribution < -0.4 is 10.2 Å². The summed E-state index contributed by atoms with van der Waals surface area (Å²) in [6.45, 7) is 7.16. The molecule has 0 unspecified atom stereocenters. The van der Waals surface area contributed by atoms with Gasteiger partial charge in [-0.1, -0.05) is 0 Å². The molecular formula is C16H23FN2O2. The summed E-state index contributed by atoms with van der Waals surface area (Å²) in [4.78, 5) is 14.0. The molecule has 1 saturated heterocycles. The van der Waals surface area contributed by atoms with Crippen molar-refractivity contribution >= 4 is 11.8 Å². The highest BCUT2D eigenvalue weighted by Crippen LogP contribution is 2.20. The van der Waals surface area contributed by atoms with Gasteiger partial charge >= 0.3 is 6.09 Å². The number of hydrogen-bond donors (Lipinski definition) is 1. The van der Waals surface area contributed by atoms with Gasteiger partial charge in [0.15, 0.2) is 0 Å². The van der Waals surface area contributed by atoms with E-state index in [1.807, 2.05) is 20.8 Å². The first-order chi connectivity index (χ1) is 9.83. The van der Waals surface area contributed by atoms with Crippen LogP contribution in [0.25, 0.3) is 0 Å². The van der Waals surface area contributed by atoms with Crippen molar-refractivity contribution in [3.8, 4) is 0 Å². The van der Waals surface area contributed by atoms with Gasteiger partial charge in [0.25, 0.3) is 0 Å². The summed E-state index contributed by atoms with van der Waals surface area (Å²) in [5.74, 6) is -0.237. The van der Waals surface area contributed by atoms with Crippen molar-refractivity contribution < 1.29 is 13.9 Å². The highest BCUT2D eigenvalue weighted by atomic mass is 19.1. The van der Waals surface area contributed by atoms with Gasteiger partial charge in [-0.25, -0.2) is 9.18 Å². The second-order valence-corrected chi connectivity index (χ2v) is 6.41. The second-order valence-electron chi connectivity index (χ2n) is 6.41. The number of anilines is 1. The van der Waals surface area contributed by atoms with E-state index in [2.05, 4.69) is 10.2 Å². The Morgan fingerprint density at radius 2 is 2.00 bits per heavy atom. The molecule has 1 aliphatic rings. The predicted octanol–water partition coefficient (Wildman–Crippen LogP) is 3.32. The van der Waals surface area contributed by atoms with Crippen molar-refractivity contribution in [2.45, 2.75) is 45.3 Å². The molecule has 0 bridgehead atoms. The highest BCUT2D eigenvalue weighted by molar-refractivity contribution is 5.68. The average Bonchev–Trinajstić information content (AvgIpc) is 2.37. The summed E-state index contributed by atoms with van der Waals surface area (Å²) in [5, 5.41) is 2.91. The van der Waals surface area contributed by atoms with Crippen molar-refractivity contribution in [3.05, 3.63) is 30.1 Å². The molecule has 4 nitrogen and oxygen atoms in total. The number of nitrogens with zero attached hydrogens (tertiary/aromatic N) is 1. The average molecular weight is 294 g/mol. The monoisotopic (exact) mass is 294 g/mol. The molecular weight excluding hydrogens is 271 g/mol. The lowest BCUT2D eigenvalue weighted by atomic mass is 10.1. The molecule has 5 heteroatoms. The van der Waals surface area contributed by atoms with E-state index in [1.165, 1.54) is 12.1 Å². The van der Waals surface area contributed by atoms with E-state index >= 15 is 0 Å². The summed E-state index contributed by atoms with van der Waals surface area (Å²) >= 11 is 0. The largest absolute Gasteiger partial charge is 0.444 e. The number of nitrogens with one attached hydrogen (secondary N) is 1. The van der Waals surface area contributed by atoms with Gasteiger partial charge in [0, 0.05) is 24.8 Å². The summed E-state index contributed by atoms with van der Waals surface area (Å²) in [7, 11) is 0. The summed E-state index contributed by atoms with van der Waals surface area (Å²) in [6, 6.07) is 6.51. The Hall–Kier alpha value is -1.78. The van der Waals surface area contributed by atoms with Gasteiger partial charge in [0.05, 0.1) is 0 Å². The lowest BCUT2D eigenvalue weighted by Gasteiger charge is -2.35. The molecule has 1 heterocycles. The number of carbonyl (C=O) groups excluding carboxylic acids is 1. The fourth-order valence-corrected chi connectivity index (χ4v) is 2.46. The minimum Gasteiger partial charge on any atom is -0.444 e. The molecule has 1 atom stereocenters. The molecule has 2 rings (SSSR count). The number of alkyl carbamates (subject to hydrolysis) is 1. The zero-order valence-electron chi connectivity index (χ0n) is 12.9. The Balaban J connectivity index is 1.91. The van der Waals surface area contributed by atoms with Crippen LogP contribution in [0.5, 0.6) is 0 Å². The second kappa shape index (κ2) is 6.33. The van der Waals surface area contributed by atoms with Crippen molar-refractivity contribution in [2.24, 2.45) is 0 Å². The molecule has 116 valence electrons. The van der Waals surface area contributed by atoms with Gasteiger partial charge in [-0.15, -0.1) is 0 Å². The number of benzene rings is 1. The standard InChI is InChI=1S/C16H23FN2O2/c1-16(2,3)21-15(20)18-13-5-4-10-19(11-13)14-8-6-12(17)7-9-14/h6-9,13H,4-5,10-11H2,1-3H3,(H,18,20)/t13-/m1/s1. The number of ether oxygens (including phenoxy) is 1. The van der Waals surface area contributed by atoms with E-state index < -0.39 is 5.60 Å². The molecule has 1 aromatic carbocycles. The molecule has 1 aromatic rings. The zero-order valence-corrected chi connectivity index (χ0v) is 12.9. The molecule has 0 saturated carbocycles. The van der Waals surface area contributed by atoms with Crippen LogP contribution in [0.15, 0.2) is 24.3 Å². The Bertz CT molecular complexity index is 482. The number of rotatable bonds is 2. The molecule has 1 N–H and O–H groups in total. The van der Waals surface area contributed by atoms with Crippen LogP contribution in [0, 0.1) is 5.82 Å². The quantitative estimate of drug-likeness (QED) is 0.909. The number of amides is 1. The van der Waals surface area contributed by atoms with E-state index in [1.54, 1.807) is 12.1 Å². The lowest BCUT2D eigenvalue weighted by molar-refractivity contribution is 0.0500. The molecule has 0 radical (unpaired) electrons. The van der Waals surface area contributed by atoms with Gasteiger partial charge in [-0.2, -0.15) is 0 Å². The summed E-state index contributed by atoms with van der Waals surface area (Å²) in [5.41, 5.74) is 0.488. The van der Waals surface area contributed by atoms with Gasteiger partial charge in [0.2, 0.25) is 0 Å². The number of piperidine rings is 1. The highest BCUT2D eigenvalue weighted by Gasteiger charge is 2.24. The van der Waals surface area contributed by atoms with E-state index in [0.29, 0.717) is 6.54 Å². The van der Waals surface area contributed by atoms with Crippen LogP contribution in [-0.2, 0) is 4.74 Å². The Morgan fingerprint density at radius 1 is 1.33 bits per heavy atom. The first-order valence-corrected chi connectivity index (χ1v) is 7.33. The fraction of sp³-hybridized carbons (Fsp3) is 0.562. The molecule has 1 aliphatic heterocycles. The van der Waals surface area contributed by atoms with E-state index in [0.717, 1.165) is 25.1 Å². The van der Waals surface area contributed by atoms with Crippen LogP contribution in [-0.4, -0.2) is 30.8 Å². The third-order valence-electron chi connectivity index (χ3n) is 3.33. The molecule has 21 heavy (non-hydrogen) atoms. The Morgan fingerprint density at radius 3 is 2.62 bits per heavy atom. The van der Waals surface area contributed by atoms with Crippen LogP contribution in [0.4, 0.5) is 14.9 Å².